The molecule has 0 N–H and O–H groups in total. The molecule has 0 amide bonds. The van der Waals surface area contributed by atoms with Gasteiger partial charge in [0.1, 0.15) is 6.07 Å². The van der Waals surface area contributed by atoms with Crippen molar-refractivity contribution in [3.63, 3.8) is 0 Å². The number of rotatable bonds is 5. The molecular weight excluding hydrogens is 300 g/mol. The summed E-state index contributed by atoms with van der Waals surface area (Å²) >= 11 is 0. The highest BCUT2D eigenvalue weighted by molar-refractivity contribution is 5.66. The monoisotopic (exact) mass is 320 g/mol. The Balaban J connectivity index is 1.85. The van der Waals surface area contributed by atoms with E-state index in [1.54, 1.807) is 0 Å². The van der Waals surface area contributed by atoms with Crippen LogP contribution in [0.1, 0.15) is 23.6 Å². The molecule has 1 aliphatic rings. The Morgan fingerprint density at radius 1 is 1.12 bits per heavy atom. The Kier molecular flexibility index (Phi) is 4.93. The van der Waals surface area contributed by atoms with E-state index >= 15 is 0 Å². The fourth-order valence-corrected chi connectivity index (χ4v) is 3.25. The van der Waals surface area contributed by atoms with Gasteiger partial charge in [0, 0.05) is 20.0 Å². The number of fused-ring (bicyclic) bond motifs is 1. The molecule has 3 rings (SSSR count). The molecule has 122 valence electrons. The molecule has 0 bridgehead atoms. The van der Waals surface area contributed by atoms with Gasteiger partial charge in [-0.1, -0.05) is 54.6 Å². The topological polar surface area (TPSA) is 53.3 Å². The largest absolute Gasteiger partial charge is 0.445 e. The molecule has 2 aromatic rings. The van der Waals surface area contributed by atoms with Gasteiger partial charge in [-0.2, -0.15) is 5.26 Å². The molecule has 1 heterocycles. The van der Waals surface area contributed by atoms with Gasteiger partial charge in [0.25, 0.3) is 0 Å². The molecule has 0 saturated heterocycles. The number of nitrogens with zero attached hydrogens (tertiary/aromatic N) is 2. The Labute approximate surface area is 142 Å². The minimum atomic E-state index is -0.781. The van der Waals surface area contributed by atoms with E-state index in [-0.39, 0.29) is 6.04 Å². The van der Waals surface area contributed by atoms with Crippen LogP contribution in [0.2, 0.25) is 0 Å². The summed E-state index contributed by atoms with van der Waals surface area (Å²) < 4.78 is 5.30. The maximum Gasteiger partial charge on any atom is 0.304 e. The Hall–Kier alpha value is -2.64. The molecule has 2 atom stereocenters. The zero-order chi connectivity index (χ0) is 16.9. The van der Waals surface area contributed by atoms with Crippen LogP contribution < -0.4 is 0 Å². The summed E-state index contributed by atoms with van der Waals surface area (Å²) in [6, 6.07) is 20.3. The molecular formula is C20H20N2O2. The number of carbonyl (C=O) groups is 1. The van der Waals surface area contributed by atoms with Crippen LogP contribution in [0.15, 0.2) is 54.6 Å². The molecule has 24 heavy (non-hydrogen) atoms. The SMILES string of the molecule is CC(=O)O[C@@H](C#N)[C@H](Cc1ccccc1)N1Cc2ccccc2C1. The van der Waals surface area contributed by atoms with E-state index in [9.17, 15) is 10.1 Å². The third kappa shape index (κ3) is 3.64. The van der Waals surface area contributed by atoms with Gasteiger partial charge in [-0.3, -0.25) is 9.69 Å². The average molecular weight is 320 g/mol. The van der Waals surface area contributed by atoms with E-state index in [0.717, 1.165) is 18.7 Å². The van der Waals surface area contributed by atoms with Crippen molar-refractivity contribution in [1.29, 1.82) is 5.26 Å². The second-order valence-electron chi connectivity index (χ2n) is 6.09. The number of hydrogen-bond acceptors (Lipinski definition) is 4. The Morgan fingerprint density at radius 3 is 2.25 bits per heavy atom. The lowest BCUT2D eigenvalue weighted by Crippen LogP contribution is -2.43. The lowest BCUT2D eigenvalue weighted by Gasteiger charge is -2.30. The maximum absolute atomic E-state index is 11.4. The summed E-state index contributed by atoms with van der Waals surface area (Å²) in [5.74, 6) is -0.420. The number of nitriles is 1. The summed E-state index contributed by atoms with van der Waals surface area (Å²) in [4.78, 5) is 13.6. The lowest BCUT2D eigenvalue weighted by atomic mass is 10.00. The summed E-state index contributed by atoms with van der Waals surface area (Å²) in [6.45, 7) is 2.89. The van der Waals surface area contributed by atoms with E-state index in [4.69, 9.17) is 4.74 Å². The normalized spacial score (nSPS) is 16.0. The zero-order valence-corrected chi connectivity index (χ0v) is 13.7. The second kappa shape index (κ2) is 7.29. The van der Waals surface area contributed by atoms with Crippen LogP contribution in [-0.4, -0.2) is 23.0 Å². The van der Waals surface area contributed by atoms with Crippen LogP contribution in [0, 0.1) is 11.3 Å². The van der Waals surface area contributed by atoms with Crippen molar-refractivity contribution >= 4 is 5.97 Å². The van der Waals surface area contributed by atoms with Gasteiger partial charge >= 0.3 is 5.97 Å². The van der Waals surface area contributed by atoms with Crippen LogP contribution >= 0.6 is 0 Å². The number of carbonyl (C=O) groups excluding carboxylic acids is 1. The van der Waals surface area contributed by atoms with Gasteiger partial charge in [0.15, 0.2) is 0 Å². The number of esters is 1. The maximum atomic E-state index is 11.4. The summed E-state index contributed by atoms with van der Waals surface area (Å²) in [5, 5.41) is 9.55. The van der Waals surface area contributed by atoms with Crippen LogP contribution in [0.25, 0.3) is 0 Å². The van der Waals surface area contributed by atoms with Crippen molar-refractivity contribution in [2.75, 3.05) is 0 Å². The smallest absolute Gasteiger partial charge is 0.304 e. The van der Waals surface area contributed by atoms with Crippen LogP contribution in [0.5, 0.6) is 0 Å². The number of hydrogen-bond donors (Lipinski definition) is 0. The molecule has 0 radical (unpaired) electrons. The first-order valence-corrected chi connectivity index (χ1v) is 8.09. The molecule has 4 heteroatoms. The average Bonchev–Trinajstić information content (AvgIpc) is 3.02. The summed E-state index contributed by atoms with van der Waals surface area (Å²) in [7, 11) is 0. The Bertz CT molecular complexity index is 727. The standard InChI is InChI=1S/C20H20N2O2/c1-15(23)24-20(12-21)19(11-16-7-3-2-4-8-16)22-13-17-9-5-6-10-18(17)14-22/h2-10,19-20H,11,13-14H2,1H3/t19-,20-/m0/s1. The van der Waals surface area contributed by atoms with Crippen molar-refractivity contribution in [2.45, 2.75) is 38.6 Å². The molecule has 0 fully saturated rings. The van der Waals surface area contributed by atoms with Gasteiger partial charge in [-0.15, -0.1) is 0 Å². The fraction of sp³-hybridized carbons (Fsp3) is 0.300. The van der Waals surface area contributed by atoms with E-state index in [0.29, 0.717) is 6.42 Å². The second-order valence-corrected chi connectivity index (χ2v) is 6.09. The van der Waals surface area contributed by atoms with E-state index < -0.39 is 12.1 Å². The highest BCUT2D eigenvalue weighted by Crippen LogP contribution is 2.27. The van der Waals surface area contributed by atoms with Gasteiger partial charge in [0.05, 0.1) is 6.04 Å². The Morgan fingerprint density at radius 2 is 1.71 bits per heavy atom. The molecule has 0 aromatic heterocycles. The van der Waals surface area contributed by atoms with Crippen LogP contribution in [0.4, 0.5) is 0 Å². The van der Waals surface area contributed by atoms with Crippen molar-refractivity contribution in [2.24, 2.45) is 0 Å². The predicted octanol–water partition coefficient (Wildman–Crippen LogP) is 3.07. The number of ether oxygens (including phenoxy) is 1. The third-order valence-corrected chi connectivity index (χ3v) is 4.39. The van der Waals surface area contributed by atoms with E-state index in [1.807, 2.05) is 42.5 Å². The first kappa shape index (κ1) is 16.2. The minimum Gasteiger partial charge on any atom is -0.445 e. The highest BCUT2D eigenvalue weighted by atomic mass is 16.5. The molecule has 4 nitrogen and oxygen atoms in total. The van der Waals surface area contributed by atoms with E-state index in [2.05, 4.69) is 23.1 Å². The van der Waals surface area contributed by atoms with Gasteiger partial charge < -0.3 is 4.74 Å². The summed E-state index contributed by atoms with van der Waals surface area (Å²) in [5.41, 5.74) is 3.68. The predicted molar refractivity (Wildman–Crippen MR) is 90.8 cm³/mol. The molecule has 0 aliphatic carbocycles. The molecule has 0 spiro atoms. The number of benzene rings is 2. The van der Waals surface area contributed by atoms with Crippen molar-refractivity contribution in [3.05, 3.63) is 71.3 Å². The van der Waals surface area contributed by atoms with Gasteiger partial charge in [0.2, 0.25) is 6.10 Å². The summed E-state index contributed by atoms with van der Waals surface area (Å²) in [6.07, 6.45) is -0.114. The zero-order valence-electron chi connectivity index (χ0n) is 13.7. The lowest BCUT2D eigenvalue weighted by molar-refractivity contribution is -0.146. The van der Waals surface area contributed by atoms with Crippen LogP contribution in [0.3, 0.4) is 0 Å². The van der Waals surface area contributed by atoms with Crippen LogP contribution in [-0.2, 0) is 29.0 Å². The van der Waals surface area contributed by atoms with E-state index in [1.165, 1.54) is 18.1 Å². The fourth-order valence-electron chi connectivity index (χ4n) is 3.25. The first-order chi connectivity index (χ1) is 11.7. The van der Waals surface area contributed by atoms with Crippen molar-refractivity contribution < 1.29 is 9.53 Å². The quantitative estimate of drug-likeness (QED) is 0.795. The highest BCUT2D eigenvalue weighted by Gasteiger charge is 2.33. The molecule has 0 saturated carbocycles. The third-order valence-electron chi connectivity index (χ3n) is 4.39. The van der Waals surface area contributed by atoms with Crippen molar-refractivity contribution in [3.8, 4) is 6.07 Å². The first-order valence-electron chi connectivity index (χ1n) is 8.09. The minimum absolute atomic E-state index is 0.173. The van der Waals surface area contributed by atoms with Gasteiger partial charge in [-0.05, 0) is 23.1 Å². The molecule has 2 aromatic carbocycles. The van der Waals surface area contributed by atoms with Crippen molar-refractivity contribution in [1.82, 2.24) is 4.90 Å². The molecule has 1 aliphatic heterocycles. The molecule has 0 unspecified atom stereocenters. The van der Waals surface area contributed by atoms with Gasteiger partial charge in [-0.25, -0.2) is 0 Å².